The third-order valence-electron chi connectivity index (χ3n) is 4.98. The smallest absolute Gasteiger partial charge is 0.392 e. The van der Waals surface area contributed by atoms with Gasteiger partial charge in [-0.1, -0.05) is 25.7 Å². The zero-order valence-electron chi connectivity index (χ0n) is 12.8. The summed E-state index contributed by atoms with van der Waals surface area (Å²) in [5.41, 5.74) is 0. The second-order valence-corrected chi connectivity index (χ2v) is 6.59. The van der Waals surface area contributed by atoms with Crippen molar-refractivity contribution < 1.29 is 18.3 Å². The number of hydrogen-bond acceptors (Lipinski definition) is 3. The van der Waals surface area contributed by atoms with Gasteiger partial charge in [-0.05, 0) is 19.3 Å². The molecule has 0 aromatic rings. The molecule has 2 fully saturated rings. The van der Waals surface area contributed by atoms with Gasteiger partial charge >= 0.3 is 6.18 Å². The molecule has 0 amide bonds. The molecule has 0 bridgehead atoms. The van der Waals surface area contributed by atoms with Crippen molar-refractivity contribution in [1.29, 1.82) is 0 Å². The van der Waals surface area contributed by atoms with Crippen molar-refractivity contribution in [2.75, 3.05) is 32.7 Å². The van der Waals surface area contributed by atoms with Crippen molar-refractivity contribution in [3.63, 3.8) is 0 Å². The summed E-state index contributed by atoms with van der Waals surface area (Å²) in [7, 11) is 0. The van der Waals surface area contributed by atoms with Gasteiger partial charge in [0, 0.05) is 32.7 Å². The maximum atomic E-state index is 12.7. The molecule has 3 nitrogen and oxygen atoms in total. The summed E-state index contributed by atoms with van der Waals surface area (Å²) in [5.74, 6) is 0.645. The Kier molecular flexibility index (Phi) is 5.91. The highest BCUT2D eigenvalue weighted by Crippen LogP contribution is 2.29. The van der Waals surface area contributed by atoms with Gasteiger partial charge in [0.05, 0.1) is 6.10 Å². The van der Waals surface area contributed by atoms with Crippen molar-refractivity contribution in [2.24, 2.45) is 5.92 Å². The average Bonchev–Trinajstić information content (AvgIpc) is 2.90. The third kappa shape index (κ3) is 5.11. The lowest BCUT2D eigenvalue weighted by molar-refractivity contribution is -0.182. The standard InChI is InChI=1S/C15H27F3N2O/c1-12(15(16,17)18)20-8-6-19(7-9-20)11-14(21)10-13-4-2-3-5-13/h12-14,21H,2-11H2,1H3/t12-,14+/m0/s1. The summed E-state index contributed by atoms with van der Waals surface area (Å²) in [4.78, 5) is 3.58. The molecule has 0 aromatic heterocycles. The summed E-state index contributed by atoms with van der Waals surface area (Å²) >= 11 is 0. The van der Waals surface area contributed by atoms with Crippen LogP contribution in [-0.4, -0.2) is 66.0 Å². The zero-order valence-corrected chi connectivity index (χ0v) is 12.8. The molecule has 2 aliphatic rings. The van der Waals surface area contributed by atoms with Crippen LogP contribution in [0.1, 0.15) is 39.0 Å². The maximum absolute atomic E-state index is 12.7. The first-order valence-electron chi connectivity index (χ1n) is 8.07. The van der Waals surface area contributed by atoms with E-state index in [2.05, 4.69) is 4.90 Å². The fourth-order valence-electron chi connectivity index (χ4n) is 3.54. The number of halogens is 3. The molecule has 0 aromatic carbocycles. The Hall–Kier alpha value is -0.330. The molecule has 6 heteroatoms. The van der Waals surface area contributed by atoms with Gasteiger partial charge in [-0.25, -0.2) is 0 Å². The fourth-order valence-corrected chi connectivity index (χ4v) is 3.54. The minimum absolute atomic E-state index is 0.334. The first kappa shape index (κ1) is 17.0. The molecule has 0 unspecified atom stereocenters. The lowest BCUT2D eigenvalue weighted by Gasteiger charge is -2.39. The molecule has 1 heterocycles. The molecular formula is C15H27F3N2O. The second-order valence-electron chi connectivity index (χ2n) is 6.59. The van der Waals surface area contributed by atoms with Crippen molar-refractivity contribution >= 4 is 0 Å². The summed E-state index contributed by atoms with van der Waals surface area (Å²) in [6.07, 6.45) is 1.34. The Balaban J connectivity index is 1.68. The fraction of sp³-hybridized carbons (Fsp3) is 1.00. The number of aliphatic hydroxyl groups is 1. The first-order valence-corrected chi connectivity index (χ1v) is 8.07. The number of hydrogen-bond donors (Lipinski definition) is 1. The van der Waals surface area contributed by atoms with Crippen LogP contribution in [0.25, 0.3) is 0 Å². The molecule has 1 aliphatic heterocycles. The van der Waals surface area contributed by atoms with Crippen LogP contribution in [0.5, 0.6) is 0 Å². The van der Waals surface area contributed by atoms with Gasteiger partial charge in [-0.2, -0.15) is 13.2 Å². The SMILES string of the molecule is C[C@H](N1CCN(C[C@H](O)CC2CCCC2)CC1)C(F)(F)F. The molecule has 2 atom stereocenters. The number of piperazine rings is 1. The lowest BCUT2D eigenvalue weighted by atomic mass is 9.99. The molecular weight excluding hydrogens is 281 g/mol. The van der Waals surface area contributed by atoms with Gasteiger partial charge in [0.1, 0.15) is 6.04 Å². The number of rotatable bonds is 5. The molecule has 1 N–H and O–H groups in total. The van der Waals surface area contributed by atoms with E-state index in [0.29, 0.717) is 38.6 Å². The van der Waals surface area contributed by atoms with Crippen LogP contribution in [0.4, 0.5) is 13.2 Å². The van der Waals surface area contributed by atoms with E-state index in [0.717, 1.165) is 6.42 Å². The third-order valence-corrected chi connectivity index (χ3v) is 4.98. The van der Waals surface area contributed by atoms with E-state index in [1.54, 1.807) is 0 Å². The monoisotopic (exact) mass is 308 g/mol. The molecule has 124 valence electrons. The van der Waals surface area contributed by atoms with Crippen molar-refractivity contribution in [3.05, 3.63) is 0 Å². The van der Waals surface area contributed by atoms with E-state index in [1.165, 1.54) is 37.5 Å². The number of aliphatic hydroxyl groups excluding tert-OH is 1. The average molecular weight is 308 g/mol. The maximum Gasteiger partial charge on any atom is 0.403 e. The highest BCUT2D eigenvalue weighted by atomic mass is 19.4. The van der Waals surface area contributed by atoms with Gasteiger partial charge in [0.15, 0.2) is 0 Å². The Morgan fingerprint density at radius 3 is 2.19 bits per heavy atom. The van der Waals surface area contributed by atoms with E-state index in [-0.39, 0.29) is 6.10 Å². The van der Waals surface area contributed by atoms with Gasteiger partial charge in [0.25, 0.3) is 0 Å². The lowest BCUT2D eigenvalue weighted by Crippen LogP contribution is -2.54. The highest BCUT2D eigenvalue weighted by molar-refractivity contribution is 4.82. The van der Waals surface area contributed by atoms with Gasteiger partial charge < -0.3 is 5.11 Å². The van der Waals surface area contributed by atoms with Gasteiger partial charge in [-0.3, -0.25) is 9.80 Å². The Labute approximate surface area is 125 Å². The normalized spacial score (nSPS) is 26.1. The van der Waals surface area contributed by atoms with Crippen LogP contribution in [-0.2, 0) is 0 Å². The first-order chi connectivity index (χ1) is 9.86. The summed E-state index contributed by atoms with van der Waals surface area (Å²) in [6, 6.07) is -1.37. The topological polar surface area (TPSA) is 26.7 Å². The van der Waals surface area contributed by atoms with E-state index >= 15 is 0 Å². The van der Waals surface area contributed by atoms with Crippen molar-refractivity contribution in [3.8, 4) is 0 Å². The minimum Gasteiger partial charge on any atom is -0.392 e. The predicted molar refractivity (Wildman–Crippen MR) is 76.1 cm³/mol. The van der Waals surface area contributed by atoms with Crippen LogP contribution in [0.15, 0.2) is 0 Å². The molecule has 0 spiro atoms. The molecule has 0 radical (unpaired) electrons. The summed E-state index contributed by atoms with van der Waals surface area (Å²) in [6.45, 7) is 3.91. The van der Waals surface area contributed by atoms with Crippen LogP contribution in [0.2, 0.25) is 0 Å². The van der Waals surface area contributed by atoms with Crippen LogP contribution < -0.4 is 0 Å². The van der Waals surface area contributed by atoms with Crippen molar-refractivity contribution in [2.45, 2.75) is 57.3 Å². The number of nitrogens with zero attached hydrogens (tertiary/aromatic N) is 2. The molecule has 21 heavy (non-hydrogen) atoms. The van der Waals surface area contributed by atoms with E-state index in [9.17, 15) is 18.3 Å². The molecule has 1 aliphatic carbocycles. The quantitative estimate of drug-likeness (QED) is 0.845. The minimum atomic E-state index is -4.15. The predicted octanol–water partition coefficient (Wildman–Crippen LogP) is 2.50. The summed E-state index contributed by atoms with van der Waals surface area (Å²) in [5, 5.41) is 10.1. The Morgan fingerprint density at radius 2 is 1.67 bits per heavy atom. The highest BCUT2D eigenvalue weighted by Gasteiger charge is 2.40. The molecule has 2 rings (SSSR count). The zero-order chi connectivity index (χ0) is 15.5. The van der Waals surface area contributed by atoms with Crippen LogP contribution in [0, 0.1) is 5.92 Å². The van der Waals surface area contributed by atoms with Gasteiger partial charge in [-0.15, -0.1) is 0 Å². The Bertz CT molecular complexity index is 311. The Morgan fingerprint density at radius 1 is 1.10 bits per heavy atom. The van der Waals surface area contributed by atoms with Crippen LogP contribution in [0.3, 0.4) is 0 Å². The van der Waals surface area contributed by atoms with E-state index < -0.39 is 12.2 Å². The van der Waals surface area contributed by atoms with Gasteiger partial charge in [0.2, 0.25) is 0 Å². The van der Waals surface area contributed by atoms with Crippen molar-refractivity contribution in [1.82, 2.24) is 9.80 Å². The van der Waals surface area contributed by atoms with Crippen LogP contribution >= 0.6 is 0 Å². The van der Waals surface area contributed by atoms with E-state index in [4.69, 9.17) is 0 Å². The summed E-state index contributed by atoms with van der Waals surface area (Å²) < 4.78 is 38.0. The number of β-amino-alcohol motifs (C(OH)–C–C–N with tert-alkyl or cyclic N) is 1. The van der Waals surface area contributed by atoms with E-state index in [1.807, 2.05) is 0 Å². The molecule has 1 saturated heterocycles. The second kappa shape index (κ2) is 7.29. The largest absolute Gasteiger partial charge is 0.403 e. The molecule has 1 saturated carbocycles. The number of alkyl halides is 3.